The number of hydrogen-bond donors (Lipinski definition) is 1. The summed E-state index contributed by atoms with van der Waals surface area (Å²) in [5.41, 5.74) is 4.36. The Morgan fingerprint density at radius 1 is 1.36 bits per heavy atom. The van der Waals surface area contributed by atoms with Gasteiger partial charge in [-0.25, -0.2) is 4.98 Å². The van der Waals surface area contributed by atoms with Crippen LogP contribution < -0.4 is 5.32 Å². The molecule has 1 N–H and O–H groups in total. The summed E-state index contributed by atoms with van der Waals surface area (Å²) < 4.78 is 5.30. The van der Waals surface area contributed by atoms with E-state index in [1.807, 2.05) is 31.4 Å². The first-order chi connectivity index (χ1) is 10.6. The van der Waals surface area contributed by atoms with Gasteiger partial charge in [0.05, 0.1) is 18.0 Å². The molecule has 22 heavy (non-hydrogen) atoms. The van der Waals surface area contributed by atoms with E-state index in [9.17, 15) is 4.79 Å². The molecule has 1 amide bonds. The summed E-state index contributed by atoms with van der Waals surface area (Å²) in [5.74, 6) is 0.155. The van der Waals surface area contributed by atoms with Gasteiger partial charge in [-0.2, -0.15) is 0 Å². The molecule has 0 aliphatic rings. The van der Waals surface area contributed by atoms with Crippen molar-refractivity contribution in [2.45, 2.75) is 26.1 Å². The maximum atomic E-state index is 12.1. The first-order valence-corrected chi connectivity index (χ1v) is 8.14. The van der Waals surface area contributed by atoms with Crippen molar-refractivity contribution in [1.29, 1.82) is 0 Å². The van der Waals surface area contributed by atoms with E-state index in [0.29, 0.717) is 22.3 Å². The van der Waals surface area contributed by atoms with E-state index < -0.39 is 0 Å². The Morgan fingerprint density at radius 3 is 2.86 bits per heavy atom. The molecule has 0 bridgehead atoms. The number of anilines is 1. The minimum absolute atomic E-state index is 0.144. The monoisotopic (exact) mass is 335 g/mol. The number of thiazole rings is 1. The summed E-state index contributed by atoms with van der Waals surface area (Å²) in [6, 6.07) is 3.94. The molecule has 2 heterocycles. The van der Waals surface area contributed by atoms with Crippen molar-refractivity contribution in [3.05, 3.63) is 40.0 Å². The van der Waals surface area contributed by atoms with E-state index in [-0.39, 0.29) is 12.3 Å². The van der Waals surface area contributed by atoms with Crippen LogP contribution in [-0.4, -0.2) is 16.0 Å². The van der Waals surface area contributed by atoms with Gasteiger partial charge in [-0.1, -0.05) is 5.16 Å². The maximum Gasteiger partial charge on any atom is 0.232 e. The number of halogens is 1. The van der Waals surface area contributed by atoms with Crippen molar-refractivity contribution in [2.75, 3.05) is 5.32 Å². The number of aromatic nitrogens is 2. The lowest BCUT2D eigenvalue weighted by atomic mass is 10.1. The zero-order valence-corrected chi connectivity index (χ0v) is 13.7. The van der Waals surface area contributed by atoms with Crippen LogP contribution in [0.3, 0.4) is 0 Å². The molecule has 1 aromatic carbocycles. The molecule has 0 spiro atoms. The van der Waals surface area contributed by atoms with Crippen LogP contribution in [0.1, 0.15) is 22.5 Å². The fourth-order valence-electron chi connectivity index (χ4n) is 2.11. The number of carbonyl (C=O) groups is 1. The maximum absolute atomic E-state index is 12.1. The van der Waals surface area contributed by atoms with Gasteiger partial charge in [0.25, 0.3) is 0 Å². The molecular weight excluding hydrogens is 322 g/mol. The van der Waals surface area contributed by atoms with E-state index in [1.165, 1.54) is 11.3 Å². The van der Waals surface area contributed by atoms with Crippen molar-refractivity contribution < 1.29 is 9.32 Å². The van der Waals surface area contributed by atoms with Gasteiger partial charge in [-0.3, -0.25) is 4.79 Å². The summed E-state index contributed by atoms with van der Waals surface area (Å²) in [7, 11) is 0. The van der Waals surface area contributed by atoms with Crippen molar-refractivity contribution in [2.24, 2.45) is 0 Å². The molecule has 0 aliphatic heterocycles. The molecule has 0 fully saturated rings. The minimum Gasteiger partial charge on any atom is -0.356 e. The fraction of sp³-hybridized carbons (Fsp3) is 0.267. The standard InChI is InChI=1S/C15H14ClN3O2S/c1-8-3-11-12(19-21-13(11)4-9(8)2)5-14(20)18-15-17-10(6-16)7-22-15/h3-4,7H,5-6H2,1-2H3,(H,17,18,20). The predicted molar refractivity (Wildman–Crippen MR) is 87.5 cm³/mol. The fourth-order valence-corrected chi connectivity index (χ4v) is 3.07. The third-order valence-electron chi connectivity index (χ3n) is 3.42. The van der Waals surface area contributed by atoms with Gasteiger partial charge in [-0.15, -0.1) is 22.9 Å². The van der Waals surface area contributed by atoms with Crippen LogP contribution in [0.25, 0.3) is 11.0 Å². The molecule has 0 aliphatic carbocycles. The molecule has 0 radical (unpaired) electrons. The first-order valence-electron chi connectivity index (χ1n) is 6.72. The van der Waals surface area contributed by atoms with Crippen molar-refractivity contribution in [3.63, 3.8) is 0 Å². The highest BCUT2D eigenvalue weighted by Gasteiger charge is 2.14. The lowest BCUT2D eigenvalue weighted by Gasteiger charge is -2.01. The molecule has 114 valence electrons. The Morgan fingerprint density at radius 2 is 2.14 bits per heavy atom. The van der Waals surface area contributed by atoms with Gasteiger partial charge in [0.2, 0.25) is 5.91 Å². The molecule has 7 heteroatoms. The SMILES string of the molecule is Cc1cc2onc(CC(=O)Nc3nc(CCl)cs3)c2cc1C. The lowest BCUT2D eigenvalue weighted by Crippen LogP contribution is -2.14. The molecule has 3 aromatic rings. The summed E-state index contributed by atoms with van der Waals surface area (Å²) in [6.07, 6.45) is 0.144. The number of fused-ring (bicyclic) bond motifs is 1. The molecule has 0 atom stereocenters. The third-order valence-corrected chi connectivity index (χ3v) is 4.50. The zero-order chi connectivity index (χ0) is 15.7. The van der Waals surface area contributed by atoms with Gasteiger partial charge >= 0.3 is 0 Å². The number of carbonyl (C=O) groups excluding carboxylic acids is 1. The largest absolute Gasteiger partial charge is 0.356 e. The number of nitrogens with one attached hydrogen (secondary N) is 1. The minimum atomic E-state index is -0.177. The van der Waals surface area contributed by atoms with Gasteiger partial charge in [0, 0.05) is 10.8 Å². The van der Waals surface area contributed by atoms with E-state index in [0.717, 1.165) is 22.2 Å². The lowest BCUT2D eigenvalue weighted by molar-refractivity contribution is -0.115. The summed E-state index contributed by atoms with van der Waals surface area (Å²) >= 11 is 7.05. The average molecular weight is 336 g/mol. The van der Waals surface area contributed by atoms with Crippen LogP contribution in [-0.2, 0) is 17.1 Å². The van der Waals surface area contributed by atoms with Crippen molar-refractivity contribution in [1.82, 2.24) is 10.1 Å². The van der Waals surface area contributed by atoms with E-state index >= 15 is 0 Å². The van der Waals surface area contributed by atoms with Crippen LogP contribution in [0.4, 0.5) is 5.13 Å². The molecular formula is C15H14ClN3O2S. The van der Waals surface area contributed by atoms with Crippen LogP contribution in [0.2, 0.25) is 0 Å². The van der Waals surface area contributed by atoms with E-state index in [2.05, 4.69) is 15.5 Å². The molecule has 3 rings (SSSR count). The smallest absolute Gasteiger partial charge is 0.232 e. The number of aryl methyl sites for hydroxylation is 2. The van der Waals surface area contributed by atoms with Crippen LogP contribution >= 0.6 is 22.9 Å². The number of benzene rings is 1. The zero-order valence-electron chi connectivity index (χ0n) is 12.1. The Hall–Kier alpha value is -1.92. The van der Waals surface area contributed by atoms with Crippen molar-refractivity contribution in [3.8, 4) is 0 Å². The van der Waals surface area contributed by atoms with Crippen LogP contribution in [0.5, 0.6) is 0 Å². The van der Waals surface area contributed by atoms with Crippen LogP contribution in [0.15, 0.2) is 22.0 Å². The molecule has 0 saturated heterocycles. The van der Waals surface area contributed by atoms with Crippen molar-refractivity contribution >= 4 is 44.9 Å². The molecule has 0 saturated carbocycles. The third kappa shape index (κ3) is 2.98. The Labute approximate surface area is 136 Å². The Kier molecular flexibility index (Phi) is 4.13. The summed E-state index contributed by atoms with van der Waals surface area (Å²) in [4.78, 5) is 16.3. The first kappa shape index (κ1) is 15.0. The second kappa shape index (κ2) is 6.06. The quantitative estimate of drug-likeness (QED) is 0.736. The predicted octanol–water partition coefficient (Wildman–Crippen LogP) is 3.82. The van der Waals surface area contributed by atoms with Gasteiger partial charge in [0.1, 0.15) is 5.69 Å². The highest BCUT2D eigenvalue weighted by atomic mass is 35.5. The summed E-state index contributed by atoms with van der Waals surface area (Å²) in [6.45, 7) is 4.04. The Balaban J connectivity index is 1.77. The second-order valence-electron chi connectivity index (χ2n) is 5.06. The highest BCUT2D eigenvalue weighted by Crippen LogP contribution is 2.23. The van der Waals surface area contributed by atoms with Crippen LogP contribution in [0, 0.1) is 13.8 Å². The van der Waals surface area contributed by atoms with Gasteiger partial charge < -0.3 is 9.84 Å². The topological polar surface area (TPSA) is 68.0 Å². The van der Waals surface area contributed by atoms with Gasteiger partial charge in [0.15, 0.2) is 10.7 Å². The van der Waals surface area contributed by atoms with E-state index in [1.54, 1.807) is 0 Å². The second-order valence-corrected chi connectivity index (χ2v) is 6.19. The normalized spacial score (nSPS) is 11.0. The molecule has 5 nitrogen and oxygen atoms in total. The summed E-state index contributed by atoms with van der Waals surface area (Å²) in [5, 5.41) is 10.00. The van der Waals surface area contributed by atoms with Gasteiger partial charge in [-0.05, 0) is 37.1 Å². The number of hydrogen-bond acceptors (Lipinski definition) is 5. The number of alkyl halides is 1. The molecule has 0 unspecified atom stereocenters. The molecule has 2 aromatic heterocycles. The number of amides is 1. The Bertz CT molecular complexity index is 841. The number of rotatable bonds is 4. The van der Waals surface area contributed by atoms with E-state index in [4.69, 9.17) is 16.1 Å². The highest BCUT2D eigenvalue weighted by molar-refractivity contribution is 7.13. The number of nitrogens with zero attached hydrogens (tertiary/aromatic N) is 2. The average Bonchev–Trinajstić information content (AvgIpc) is 3.08.